The quantitative estimate of drug-likeness (QED) is 0.592. The highest BCUT2D eigenvalue weighted by Gasteiger charge is 2.19. The molecule has 3 N–H and O–H groups in total. The molecule has 0 fully saturated rings. The fourth-order valence-corrected chi connectivity index (χ4v) is 0.953. The van der Waals surface area contributed by atoms with Crippen LogP contribution < -0.4 is 5.73 Å². The van der Waals surface area contributed by atoms with Gasteiger partial charge in [-0.1, -0.05) is 0 Å². The zero-order chi connectivity index (χ0) is 9.14. The Labute approximate surface area is 69.4 Å². The third-order valence-electron chi connectivity index (χ3n) is 1.56. The van der Waals surface area contributed by atoms with Crippen molar-refractivity contribution in [3.05, 3.63) is 23.6 Å². The highest BCUT2D eigenvalue weighted by atomic mass is 16.5. The number of nitrogens with two attached hydrogens (primary N) is 1. The molecule has 5 heteroatoms. The second kappa shape index (κ2) is 3.17. The zero-order valence-corrected chi connectivity index (χ0v) is 6.57. The average Bonchev–Trinajstić information content (AvgIpc) is 2.03. The largest absolute Gasteiger partial charge is 0.492 e. The highest BCUT2D eigenvalue weighted by Crippen LogP contribution is 2.19. The molecular formula is C7H9N3O2. The molecule has 12 heavy (non-hydrogen) atoms. The molecule has 0 aromatic heterocycles. The van der Waals surface area contributed by atoms with Crippen LogP contribution >= 0.6 is 0 Å². The van der Waals surface area contributed by atoms with Crippen molar-refractivity contribution < 1.29 is 9.53 Å². The van der Waals surface area contributed by atoms with Crippen molar-refractivity contribution >= 4 is 5.91 Å². The first-order valence-corrected chi connectivity index (χ1v) is 3.40. The van der Waals surface area contributed by atoms with E-state index in [-0.39, 0.29) is 17.4 Å². The van der Waals surface area contributed by atoms with Gasteiger partial charge in [0.2, 0.25) is 0 Å². The van der Waals surface area contributed by atoms with E-state index in [0.29, 0.717) is 0 Å². The van der Waals surface area contributed by atoms with Crippen molar-refractivity contribution in [1.29, 1.82) is 5.53 Å². The second-order valence-corrected chi connectivity index (χ2v) is 2.36. The summed E-state index contributed by atoms with van der Waals surface area (Å²) in [5.74, 6) is -0.590. The van der Waals surface area contributed by atoms with Crippen LogP contribution in [0.2, 0.25) is 0 Å². The van der Waals surface area contributed by atoms with E-state index >= 15 is 0 Å². The van der Waals surface area contributed by atoms with Crippen LogP contribution in [-0.2, 0) is 9.53 Å². The Kier molecular flexibility index (Phi) is 2.23. The number of ether oxygens (including phenoxy) is 1. The standard InChI is InChI=1S/C7H9N3O2/c1-4-6(10-9)5(7(8)11)2-3-12-4/h2-4,9H,1H3,(H2,8,11). The molecule has 0 saturated carbocycles. The zero-order valence-electron chi connectivity index (χ0n) is 6.57. The maximum absolute atomic E-state index is 10.8. The highest BCUT2D eigenvalue weighted by molar-refractivity contribution is 5.95. The van der Waals surface area contributed by atoms with Crippen LogP contribution in [0.15, 0.2) is 28.7 Å². The van der Waals surface area contributed by atoms with Crippen molar-refractivity contribution in [3.63, 3.8) is 0 Å². The van der Waals surface area contributed by atoms with Crippen molar-refractivity contribution in [3.8, 4) is 0 Å². The maximum Gasteiger partial charge on any atom is 0.250 e. The van der Waals surface area contributed by atoms with Gasteiger partial charge in [-0.3, -0.25) is 4.79 Å². The summed E-state index contributed by atoms with van der Waals surface area (Å²) in [5, 5.41) is 3.18. The van der Waals surface area contributed by atoms with Crippen LogP contribution in [0.1, 0.15) is 6.92 Å². The fraction of sp³-hybridized carbons (Fsp3) is 0.286. The number of hydrogen-bond donors (Lipinski definition) is 2. The Morgan fingerprint density at radius 2 is 2.50 bits per heavy atom. The van der Waals surface area contributed by atoms with E-state index in [4.69, 9.17) is 16.0 Å². The van der Waals surface area contributed by atoms with Crippen LogP contribution in [0.25, 0.3) is 0 Å². The van der Waals surface area contributed by atoms with Gasteiger partial charge < -0.3 is 10.5 Å². The van der Waals surface area contributed by atoms with Gasteiger partial charge in [0, 0.05) is 0 Å². The van der Waals surface area contributed by atoms with Crippen LogP contribution in [0, 0.1) is 5.53 Å². The minimum absolute atomic E-state index is 0.240. The molecule has 0 spiro atoms. The van der Waals surface area contributed by atoms with Crippen LogP contribution in [0.3, 0.4) is 0 Å². The normalized spacial score (nSPS) is 21.9. The van der Waals surface area contributed by atoms with E-state index in [1.165, 1.54) is 12.3 Å². The van der Waals surface area contributed by atoms with E-state index in [1.807, 2.05) is 0 Å². The third-order valence-corrected chi connectivity index (χ3v) is 1.56. The molecule has 0 aromatic carbocycles. The number of carbonyl (C=O) groups excluding carboxylic acids is 1. The van der Waals surface area contributed by atoms with E-state index in [1.54, 1.807) is 6.92 Å². The Balaban J connectivity index is 3.11. The van der Waals surface area contributed by atoms with Crippen LogP contribution in [0.5, 0.6) is 0 Å². The molecule has 0 radical (unpaired) electrons. The van der Waals surface area contributed by atoms with Gasteiger partial charge in [-0.2, -0.15) is 5.11 Å². The summed E-state index contributed by atoms with van der Waals surface area (Å²) < 4.78 is 5.00. The van der Waals surface area contributed by atoms with E-state index in [0.717, 1.165) is 0 Å². The summed E-state index contributed by atoms with van der Waals surface area (Å²) in [4.78, 5) is 10.8. The number of nitrogens with zero attached hydrogens (tertiary/aromatic N) is 1. The number of primary amides is 1. The number of hydrogen-bond acceptors (Lipinski definition) is 4. The molecule has 1 aliphatic rings. The van der Waals surface area contributed by atoms with Gasteiger partial charge in [0.15, 0.2) is 0 Å². The molecule has 0 bridgehead atoms. The molecule has 5 nitrogen and oxygen atoms in total. The summed E-state index contributed by atoms with van der Waals surface area (Å²) in [7, 11) is 0. The van der Waals surface area contributed by atoms with Crippen molar-refractivity contribution in [2.45, 2.75) is 13.0 Å². The number of amides is 1. The van der Waals surface area contributed by atoms with Crippen molar-refractivity contribution in [1.82, 2.24) is 0 Å². The van der Waals surface area contributed by atoms with Crippen LogP contribution in [0.4, 0.5) is 0 Å². The molecule has 0 saturated heterocycles. The van der Waals surface area contributed by atoms with Gasteiger partial charge in [-0.25, -0.2) is 5.53 Å². The van der Waals surface area contributed by atoms with Gasteiger partial charge in [0.1, 0.15) is 11.8 Å². The molecular weight excluding hydrogens is 158 g/mol. The minimum atomic E-state index is -0.590. The molecule has 1 amide bonds. The van der Waals surface area contributed by atoms with Gasteiger partial charge in [0.05, 0.1) is 11.8 Å². The first-order chi connectivity index (χ1) is 5.66. The monoisotopic (exact) mass is 167 g/mol. The Hall–Kier alpha value is -1.65. The molecule has 1 unspecified atom stereocenters. The maximum atomic E-state index is 10.8. The summed E-state index contributed by atoms with van der Waals surface area (Å²) >= 11 is 0. The Morgan fingerprint density at radius 1 is 1.83 bits per heavy atom. The molecule has 1 aliphatic heterocycles. The number of carbonyl (C=O) groups is 1. The van der Waals surface area contributed by atoms with Crippen molar-refractivity contribution in [2.75, 3.05) is 0 Å². The second-order valence-electron chi connectivity index (χ2n) is 2.36. The lowest BCUT2D eigenvalue weighted by Gasteiger charge is -2.16. The summed E-state index contributed by atoms with van der Waals surface area (Å²) in [6.07, 6.45) is 2.41. The molecule has 0 aliphatic carbocycles. The number of nitrogens with one attached hydrogen (secondary N) is 1. The first-order valence-electron chi connectivity index (χ1n) is 3.40. The molecule has 1 atom stereocenters. The van der Waals surface area contributed by atoms with Crippen LogP contribution in [-0.4, -0.2) is 12.0 Å². The Bertz CT molecular complexity index is 280. The SMILES string of the molecule is CC1OC=CC(C(N)=O)=C1N=N. The van der Waals surface area contributed by atoms with E-state index < -0.39 is 5.91 Å². The van der Waals surface area contributed by atoms with Gasteiger partial charge in [-0.15, -0.1) is 0 Å². The lowest BCUT2D eigenvalue weighted by atomic mass is 10.1. The molecule has 1 rings (SSSR count). The average molecular weight is 167 g/mol. The first kappa shape index (κ1) is 8.45. The summed E-state index contributed by atoms with van der Waals surface area (Å²) in [5.41, 5.74) is 12.4. The van der Waals surface area contributed by atoms with Crippen molar-refractivity contribution in [2.24, 2.45) is 10.8 Å². The lowest BCUT2D eigenvalue weighted by Crippen LogP contribution is -2.21. The van der Waals surface area contributed by atoms with Gasteiger partial charge in [-0.05, 0) is 13.0 Å². The van der Waals surface area contributed by atoms with Gasteiger partial charge in [0.25, 0.3) is 5.91 Å². The minimum Gasteiger partial charge on any atom is -0.492 e. The topological polar surface area (TPSA) is 88.5 Å². The predicted molar refractivity (Wildman–Crippen MR) is 41.1 cm³/mol. The molecule has 1 heterocycles. The molecule has 64 valence electrons. The summed E-state index contributed by atoms with van der Waals surface area (Å²) in [6, 6.07) is 0. The third kappa shape index (κ3) is 1.34. The lowest BCUT2D eigenvalue weighted by molar-refractivity contribution is -0.114. The van der Waals surface area contributed by atoms with E-state index in [9.17, 15) is 4.79 Å². The smallest absolute Gasteiger partial charge is 0.250 e. The number of rotatable bonds is 2. The fourth-order valence-electron chi connectivity index (χ4n) is 0.953. The Morgan fingerprint density at radius 3 is 2.92 bits per heavy atom. The summed E-state index contributed by atoms with van der Waals surface area (Å²) in [6.45, 7) is 1.69. The molecule has 0 aromatic rings. The van der Waals surface area contributed by atoms with E-state index in [2.05, 4.69) is 5.11 Å². The van der Waals surface area contributed by atoms with Gasteiger partial charge >= 0.3 is 0 Å². The predicted octanol–water partition coefficient (Wildman–Crippen LogP) is 0.689.